The summed E-state index contributed by atoms with van der Waals surface area (Å²) in [6.45, 7) is 4.10. The zero-order chi connectivity index (χ0) is 25.6. The third-order valence-corrected chi connectivity index (χ3v) is 7.22. The molecule has 1 aliphatic heterocycles. The molecule has 36 heavy (non-hydrogen) atoms. The summed E-state index contributed by atoms with van der Waals surface area (Å²) in [6, 6.07) is 16.9. The van der Waals surface area contributed by atoms with Gasteiger partial charge in [0.25, 0.3) is 0 Å². The number of urea groups is 1. The molecule has 0 radical (unpaired) electrons. The maximum absolute atomic E-state index is 13.9. The van der Waals surface area contributed by atoms with Gasteiger partial charge in [-0.25, -0.2) is 9.18 Å². The van der Waals surface area contributed by atoms with E-state index in [9.17, 15) is 14.0 Å². The largest absolute Gasteiger partial charge is 0.357 e. The number of para-hydroxylation sites is 2. The lowest BCUT2D eigenvalue weighted by Gasteiger charge is -2.37. The minimum atomic E-state index is -0.775. The minimum absolute atomic E-state index is 0.0526. The van der Waals surface area contributed by atoms with Crippen LogP contribution < -0.4 is 15.5 Å². The first kappa shape index (κ1) is 24.3. The first-order valence-electron chi connectivity index (χ1n) is 11.6. The molecule has 1 aliphatic carbocycles. The van der Waals surface area contributed by atoms with Crippen molar-refractivity contribution in [1.82, 2.24) is 0 Å². The molecule has 1 heterocycles. The summed E-state index contributed by atoms with van der Waals surface area (Å²) >= 11 is 12.2. The Bertz CT molecular complexity index is 1400. The molecule has 0 unspecified atom stereocenters. The van der Waals surface area contributed by atoms with Gasteiger partial charge in [0.15, 0.2) is 5.78 Å². The van der Waals surface area contributed by atoms with E-state index >= 15 is 0 Å². The van der Waals surface area contributed by atoms with Crippen LogP contribution in [-0.4, -0.2) is 11.8 Å². The second kappa shape index (κ2) is 9.26. The van der Waals surface area contributed by atoms with Gasteiger partial charge in [-0.05, 0) is 59.9 Å². The maximum atomic E-state index is 13.9. The fourth-order valence-electron chi connectivity index (χ4n) is 4.93. The fourth-order valence-corrected chi connectivity index (χ4v) is 5.23. The molecule has 3 aromatic carbocycles. The average molecular weight is 524 g/mol. The summed E-state index contributed by atoms with van der Waals surface area (Å²) in [5, 5.41) is 7.01. The maximum Gasteiger partial charge on any atom is 0.327 e. The standard InChI is InChI=1S/C28H24Cl2FN3O2/c1-28(2)14-22-25(24(35)15-28)26(16-7-9-17(31)10-8-16)34(23-6-4-3-5-21(23)33-22)27(36)32-18-11-12-19(29)20(30)13-18/h3-13,26,33H,14-15H2,1-2H3,(H,32,36)/t26-/m0/s1. The van der Waals surface area contributed by atoms with Crippen molar-refractivity contribution in [2.75, 3.05) is 15.5 Å². The van der Waals surface area contributed by atoms with E-state index in [0.29, 0.717) is 51.1 Å². The first-order valence-corrected chi connectivity index (χ1v) is 12.3. The van der Waals surface area contributed by atoms with Crippen LogP contribution in [0.15, 0.2) is 78.0 Å². The van der Waals surface area contributed by atoms with Gasteiger partial charge >= 0.3 is 6.03 Å². The van der Waals surface area contributed by atoms with Gasteiger partial charge in [0.05, 0.1) is 27.5 Å². The summed E-state index contributed by atoms with van der Waals surface area (Å²) in [7, 11) is 0. The molecule has 2 aliphatic rings. The number of rotatable bonds is 2. The first-order chi connectivity index (χ1) is 17.1. The lowest BCUT2D eigenvalue weighted by atomic mass is 9.73. The van der Waals surface area contributed by atoms with Gasteiger partial charge in [-0.15, -0.1) is 0 Å². The van der Waals surface area contributed by atoms with Crippen molar-refractivity contribution in [3.8, 4) is 0 Å². The number of amides is 2. The molecule has 0 fully saturated rings. The number of benzene rings is 3. The Morgan fingerprint density at radius 2 is 1.75 bits per heavy atom. The van der Waals surface area contributed by atoms with E-state index in [1.54, 1.807) is 35.2 Å². The van der Waals surface area contributed by atoms with Gasteiger partial charge < -0.3 is 10.6 Å². The smallest absolute Gasteiger partial charge is 0.327 e. The van der Waals surface area contributed by atoms with Crippen molar-refractivity contribution in [2.45, 2.75) is 32.7 Å². The van der Waals surface area contributed by atoms with Crippen LogP contribution in [-0.2, 0) is 4.79 Å². The van der Waals surface area contributed by atoms with Crippen molar-refractivity contribution >= 4 is 52.1 Å². The number of hydrogen-bond donors (Lipinski definition) is 2. The van der Waals surface area contributed by atoms with Crippen LogP contribution in [0.4, 0.5) is 26.2 Å². The number of Topliss-reactive ketones (excluding diaryl/α,β-unsaturated/α-hetero) is 1. The van der Waals surface area contributed by atoms with E-state index in [1.807, 2.05) is 24.3 Å². The molecule has 0 saturated heterocycles. The van der Waals surface area contributed by atoms with Gasteiger partial charge in [0, 0.05) is 23.4 Å². The molecule has 1 atom stereocenters. The number of halogens is 3. The van der Waals surface area contributed by atoms with Crippen molar-refractivity contribution in [3.05, 3.63) is 99.4 Å². The normalized spacial score (nSPS) is 18.6. The number of hydrogen-bond acceptors (Lipinski definition) is 3. The lowest BCUT2D eigenvalue weighted by Crippen LogP contribution is -2.41. The quantitative estimate of drug-likeness (QED) is 0.357. The van der Waals surface area contributed by atoms with Gasteiger partial charge in [-0.3, -0.25) is 9.69 Å². The van der Waals surface area contributed by atoms with Crippen molar-refractivity contribution in [3.63, 3.8) is 0 Å². The zero-order valence-electron chi connectivity index (χ0n) is 19.7. The molecule has 2 N–H and O–H groups in total. The van der Waals surface area contributed by atoms with E-state index in [1.165, 1.54) is 12.1 Å². The molecular weight excluding hydrogens is 500 g/mol. The van der Waals surface area contributed by atoms with Gasteiger partial charge in [0.1, 0.15) is 5.82 Å². The molecule has 0 bridgehead atoms. The van der Waals surface area contributed by atoms with Crippen LogP contribution in [0.2, 0.25) is 10.0 Å². The number of nitrogens with zero attached hydrogens (tertiary/aromatic N) is 1. The number of carbonyl (C=O) groups excluding carboxylic acids is 2. The van der Waals surface area contributed by atoms with E-state index in [4.69, 9.17) is 23.2 Å². The van der Waals surface area contributed by atoms with Crippen LogP contribution in [0.3, 0.4) is 0 Å². The average Bonchev–Trinajstić information content (AvgIpc) is 2.95. The molecule has 184 valence electrons. The highest BCUT2D eigenvalue weighted by Gasteiger charge is 2.43. The highest BCUT2D eigenvalue weighted by molar-refractivity contribution is 6.42. The number of ketones is 1. The van der Waals surface area contributed by atoms with Crippen LogP contribution >= 0.6 is 23.2 Å². The van der Waals surface area contributed by atoms with Gasteiger partial charge in [0.2, 0.25) is 0 Å². The van der Waals surface area contributed by atoms with E-state index in [2.05, 4.69) is 24.5 Å². The Morgan fingerprint density at radius 1 is 1.03 bits per heavy atom. The fraction of sp³-hybridized carbons (Fsp3) is 0.214. The minimum Gasteiger partial charge on any atom is -0.357 e. The molecule has 5 nitrogen and oxygen atoms in total. The SMILES string of the molecule is CC1(C)CC(=O)C2=C(C1)Nc1ccccc1N(C(=O)Nc1ccc(Cl)c(Cl)c1)[C@H]2c1ccc(F)cc1. The Kier molecular flexibility index (Phi) is 6.27. The van der Waals surface area contributed by atoms with Crippen molar-refractivity contribution in [1.29, 1.82) is 0 Å². The third-order valence-electron chi connectivity index (χ3n) is 6.48. The van der Waals surface area contributed by atoms with Gasteiger partial charge in [-0.1, -0.05) is 61.3 Å². The predicted molar refractivity (Wildman–Crippen MR) is 142 cm³/mol. The number of carbonyl (C=O) groups is 2. The van der Waals surface area contributed by atoms with Crippen LogP contribution in [0.5, 0.6) is 0 Å². The molecule has 0 saturated carbocycles. The zero-order valence-corrected chi connectivity index (χ0v) is 21.3. The summed E-state index contributed by atoms with van der Waals surface area (Å²) in [5.41, 5.74) is 3.38. The Morgan fingerprint density at radius 3 is 2.47 bits per heavy atom. The summed E-state index contributed by atoms with van der Waals surface area (Å²) in [5.74, 6) is -0.453. The Hall–Kier alpha value is -3.35. The summed E-state index contributed by atoms with van der Waals surface area (Å²) in [6.07, 6.45) is 0.964. The lowest BCUT2D eigenvalue weighted by molar-refractivity contribution is -0.118. The molecule has 3 aromatic rings. The van der Waals surface area contributed by atoms with E-state index < -0.39 is 17.9 Å². The van der Waals surface area contributed by atoms with Crippen LogP contribution in [0.25, 0.3) is 0 Å². The van der Waals surface area contributed by atoms with Crippen molar-refractivity contribution < 1.29 is 14.0 Å². The van der Waals surface area contributed by atoms with E-state index in [0.717, 1.165) is 5.70 Å². The topological polar surface area (TPSA) is 61.4 Å². The number of nitrogens with one attached hydrogen (secondary N) is 2. The van der Waals surface area contributed by atoms with Crippen molar-refractivity contribution in [2.24, 2.45) is 5.41 Å². The molecule has 5 rings (SSSR count). The summed E-state index contributed by atoms with van der Waals surface area (Å²) < 4.78 is 13.9. The molecule has 0 spiro atoms. The number of allylic oxidation sites excluding steroid dienone is 1. The predicted octanol–water partition coefficient (Wildman–Crippen LogP) is 7.98. The third kappa shape index (κ3) is 4.59. The van der Waals surface area contributed by atoms with E-state index in [-0.39, 0.29) is 11.2 Å². The van der Waals surface area contributed by atoms with Crippen LogP contribution in [0, 0.1) is 11.2 Å². The number of anilines is 3. The Balaban J connectivity index is 1.70. The summed E-state index contributed by atoms with van der Waals surface area (Å²) in [4.78, 5) is 29.1. The Labute approximate surface area is 218 Å². The molecular formula is C28H24Cl2FN3O2. The molecule has 2 amide bonds. The highest BCUT2D eigenvalue weighted by Crippen LogP contribution is 2.48. The van der Waals surface area contributed by atoms with Gasteiger partial charge in [-0.2, -0.15) is 0 Å². The van der Waals surface area contributed by atoms with Crippen LogP contribution in [0.1, 0.15) is 38.3 Å². The molecule has 8 heteroatoms. The number of fused-ring (bicyclic) bond motifs is 1. The second-order valence-corrected chi connectivity index (χ2v) is 10.7. The molecule has 0 aromatic heterocycles. The highest BCUT2D eigenvalue weighted by atomic mass is 35.5. The second-order valence-electron chi connectivity index (χ2n) is 9.86. The monoisotopic (exact) mass is 523 g/mol.